The first kappa shape index (κ1) is 14.5. The topological polar surface area (TPSA) is 47.0 Å². The van der Waals surface area contributed by atoms with E-state index in [1.54, 1.807) is 13.2 Å². The zero-order valence-electron chi connectivity index (χ0n) is 10.5. The molecule has 1 N–H and O–H groups in total. The van der Waals surface area contributed by atoms with Gasteiger partial charge in [0.25, 0.3) is 0 Å². The number of halogens is 1. The SMILES string of the molecule is COCC(Nc1cc(Cl)nc(SC)n1)C(C)C. The summed E-state index contributed by atoms with van der Waals surface area (Å²) in [6, 6.07) is 1.94. The Hall–Kier alpha value is -0.520. The van der Waals surface area contributed by atoms with E-state index in [1.165, 1.54) is 11.8 Å². The van der Waals surface area contributed by atoms with Crippen molar-refractivity contribution in [1.82, 2.24) is 9.97 Å². The fraction of sp³-hybridized carbons (Fsp3) is 0.636. The second-order valence-corrected chi connectivity index (χ2v) is 5.17. The average molecular weight is 276 g/mol. The molecule has 0 spiro atoms. The first-order valence-electron chi connectivity index (χ1n) is 5.41. The molecular formula is C11H18ClN3OS. The number of hydrogen-bond acceptors (Lipinski definition) is 5. The first-order chi connectivity index (χ1) is 8.06. The molecule has 0 fully saturated rings. The van der Waals surface area contributed by atoms with Crippen LogP contribution in [0.5, 0.6) is 0 Å². The van der Waals surface area contributed by atoms with E-state index < -0.39 is 0 Å². The summed E-state index contributed by atoms with van der Waals surface area (Å²) < 4.78 is 5.18. The van der Waals surface area contributed by atoms with Gasteiger partial charge < -0.3 is 10.1 Å². The zero-order valence-corrected chi connectivity index (χ0v) is 12.1. The van der Waals surface area contributed by atoms with Crippen LogP contribution in [0.15, 0.2) is 11.2 Å². The molecule has 0 bridgehead atoms. The van der Waals surface area contributed by atoms with Gasteiger partial charge in [-0.3, -0.25) is 0 Å². The highest BCUT2D eigenvalue weighted by Crippen LogP contribution is 2.19. The third-order valence-corrected chi connectivity index (χ3v) is 3.08. The maximum atomic E-state index is 5.93. The van der Waals surface area contributed by atoms with Crippen LogP contribution in [0.3, 0.4) is 0 Å². The van der Waals surface area contributed by atoms with Crippen LogP contribution >= 0.6 is 23.4 Å². The van der Waals surface area contributed by atoms with Crippen LogP contribution in [0.25, 0.3) is 0 Å². The molecule has 0 amide bonds. The third-order valence-electron chi connectivity index (χ3n) is 2.34. The normalized spacial score (nSPS) is 12.8. The van der Waals surface area contributed by atoms with E-state index in [9.17, 15) is 0 Å². The summed E-state index contributed by atoms with van der Waals surface area (Å²) in [7, 11) is 1.69. The van der Waals surface area contributed by atoms with Crippen molar-refractivity contribution in [2.75, 3.05) is 25.3 Å². The quantitative estimate of drug-likeness (QED) is 0.491. The number of hydrogen-bond donors (Lipinski definition) is 1. The van der Waals surface area contributed by atoms with Crippen molar-refractivity contribution in [3.05, 3.63) is 11.2 Å². The summed E-state index contributed by atoms with van der Waals surface area (Å²) in [5.41, 5.74) is 0. The van der Waals surface area contributed by atoms with Crippen LogP contribution in [-0.4, -0.2) is 36.0 Å². The summed E-state index contributed by atoms with van der Waals surface area (Å²) in [5.74, 6) is 1.19. The monoisotopic (exact) mass is 275 g/mol. The minimum atomic E-state index is 0.209. The number of anilines is 1. The van der Waals surface area contributed by atoms with E-state index in [0.29, 0.717) is 22.8 Å². The highest BCUT2D eigenvalue weighted by atomic mass is 35.5. The molecule has 4 nitrogen and oxygen atoms in total. The summed E-state index contributed by atoms with van der Waals surface area (Å²) >= 11 is 7.40. The van der Waals surface area contributed by atoms with Gasteiger partial charge in [-0.1, -0.05) is 37.2 Å². The van der Waals surface area contributed by atoms with E-state index >= 15 is 0 Å². The molecule has 1 atom stereocenters. The fourth-order valence-electron chi connectivity index (χ4n) is 1.33. The Balaban J connectivity index is 2.81. The van der Waals surface area contributed by atoms with Gasteiger partial charge in [0.2, 0.25) is 0 Å². The van der Waals surface area contributed by atoms with E-state index in [2.05, 4.69) is 29.1 Å². The molecule has 0 saturated heterocycles. The Morgan fingerprint density at radius 1 is 1.47 bits per heavy atom. The smallest absolute Gasteiger partial charge is 0.190 e. The van der Waals surface area contributed by atoms with Crippen LogP contribution in [0.1, 0.15) is 13.8 Å². The molecular weight excluding hydrogens is 258 g/mol. The summed E-state index contributed by atoms with van der Waals surface area (Å²) in [6.07, 6.45) is 1.92. The predicted molar refractivity (Wildman–Crippen MR) is 72.9 cm³/mol. The second-order valence-electron chi connectivity index (χ2n) is 4.01. The third kappa shape index (κ3) is 4.69. The second kappa shape index (κ2) is 7.03. The van der Waals surface area contributed by atoms with Crippen molar-refractivity contribution in [3.63, 3.8) is 0 Å². The maximum absolute atomic E-state index is 5.93. The number of nitrogens with one attached hydrogen (secondary N) is 1. The van der Waals surface area contributed by atoms with Crippen LogP contribution in [0, 0.1) is 5.92 Å². The van der Waals surface area contributed by atoms with Gasteiger partial charge in [0, 0.05) is 13.2 Å². The van der Waals surface area contributed by atoms with Crippen LogP contribution in [-0.2, 0) is 4.74 Å². The molecule has 0 aliphatic carbocycles. The van der Waals surface area contributed by atoms with Crippen molar-refractivity contribution in [3.8, 4) is 0 Å². The van der Waals surface area contributed by atoms with Crippen LogP contribution in [0.4, 0.5) is 5.82 Å². The highest BCUT2D eigenvalue weighted by Gasteiger charge is 2.14. The van der Waals surface area contributed by atoms with Crippen molar-refractivity contribution < 1.29 is 4.74 Å². The molecule has 0 aromatic carbocycles. The molecule has 17 heavy (non-hydrogen) atoms. The number of aromatic nitrogens is 2. The Morgan fingerprint density at radius 3 is 2.71 bits per heavy atom. The molecule has 1 rings (SSSR count). The number of nitrogens with zero attached hydrogens (tertiary/aromatic N) is 2. The van der Waals surface area contributed by atoms with Gasteiger partial charge in [0.1, 0.15) is 11.0 Å². The van der Waals surface area contributed by atoms with Gasteiger partial charge >= 0.3 is 0 Å². The van der Waals surface area contributed by atoms with E-state index in [-0.39, 0.29) is 6.04 Å². The van der Waals surface area contributed by atoms with Crippen molar-refractivity contribution in [2.45, 2.75) is 25.0 Å². The standard InChI is InChI=1S/C11H18ClN3OS/c1-7(2)8(6-16-3)13-10-5-9(12)14-11(15-10)17-4/h5,7-8H,6H2,1-4H3,(H,13,14,15). The summed E-state index contributed by atoms with van der Waals surface area (Å²) in [6.45, 7) is 4.90. The molecule has 1 aromatic heterocycles. The molecule has 0 aliphatic rings. The Bertz CT molecular complexity index is 363. The molecule has 1 aromatic rings. The lowest BCUT2D eigenvalue weighted by atomic mass is 10.1. The average Bonchev–Trinajstić information content (AvgIpc) is 2.27. The van der Waals surface area contributed by atoms with Gasteiger partial charge in [0.15, 0.2) is 5.16 Å². The van der Waals surface area contributed by atoms with Crippen molar-refractivity contribution >= 4 is 29.2 Å². The van der Waals surface area contributed by atoms with Gasteiger partial charge in [0.05, 0.1) is 12.6 Å². The predicted octanol–water partition coefficient (Wildman–Crippen LogP) is 2.93. The lowest BCUT2D eigenvalue weighted by Crippen LogP contribution is -2.30. The van der Waals surface area contributed by atoms with E-state index in [4.69, 9.17) is 16.3 Å². The van der Waals surface area contributed by atoms with Crippen LogP contribution in [0.2, 0.25) is 5.15 Å². The zero-order chi connectivity index (χ0) is 12.8. The molecule has 1 heterocycles. The Labute approximate surface area is 112 Å². The van der Waals surface area contributed by atoms with Crippen molar-refractivity contribution in [2.24, 2.45) is 5.92 Å². The van der Waals surface area contributed by atoms with E-state index in [0.717, 1.165) is 5.82 Å². The number of rotatable bonds is 6. The van der Waals surface area contributed by atoms with Crippen molar-refractivity contribution in [1.29, 1.82) is 0 Å². The molecule has 0 aliphatic heterocycles. The fourth-order valence-corrected chi connectivity index (χ4v) is 1.95. The Kier molecular flexibility index (Phi) is 6.02. The molecule has 0 radical (unpaired) electrons. The Morgan fingerprint density at radius 2 is 2.18 bits per heavy atom. The maximum Gasteiger partial charge on any atom is 0.190 e. The summed E-state index contributed by atoms with van der Waals surface area (Å²) in [4.78, 5) is 8.45. The first-order valence-corrected chi connectivity index (χ1v) is 7.01. The molecule has 1 unspecified atom stereocenters. The van der Waals surface area contributed by atoms with Gasteiger partial charge in [-0.05, 0) is 12.2 Å². The van der Waals surface area contributed by atoms with Gasteiger partial charge in [-0.2, -0.15) is 0 Å². The molecule has 0 saturated carbocycles. The largest absolute Gasteiger partial charge is 0.383 e. The van der Waals surface area contributed by atoms with Gasteiger partial charge in [-0.15, -0.1) is 0 Å². The lowest BCUT2D eigenvalue weighted by Gasteiger charge is -2.22. The van der Waals surface area contributed by atoms with Crippen LogP contribution < -0.4 is 5.32 Å². The number of ether oxygens (including phenoxy) is 1. The number of methoxy groups -OCH3 is 1. The highest BCUT2D eigenvalue weighted by molar-refractivity contribution is 7.98. The molecule has 6 heteroatoms. The number of thioether (sulfide) groups is 1. The lowest BCUT2D eigenvalue weighted by molar-refractivity contribution is 0.171. The van der Waals surface area contributed by atoms with E-state index in [1.807, 2.05) is 6.26 Å². The minimum absolute atomic E-state index is 0.209. The molecule has 96 valence electrons. The summed E-state index contributed by atoms with van der Waals surface area (Å²) in [5, 5.41) is 4.44. The van der Waals surface area contributed by atoms with Gasteiger partial charge in [-0.25, -0.2) is 9.97 Å². The minimum Gasteiger partial charge on any atom is -0.383 e.